The molecular weight excluding hydrogens is 476 g/mol. The average molecular weight is 501 g/mol. The molecule has 0 aliphatic carbocycles. The number of imidazole rings is 1. The first-order valence-corrected chi connectivity index (χ1v) is 11.9. The molecule has 2 aromatic carbocycles. The van der Waals surface area contributed by atoms with Crippen LogP contribution in [0.1, 0.15) is 18.9 Å². The van der Waals surface area contributed by atoms with E-state index in [0.717, 1.165) is 17.8 Å². The Morgan fingerprint density at radius 1 is 1.25 bits per heavy atom. The molecule has 1 amide bonds. The number of aromatic nitrogens is 4. The van der Waals surface area contributed by atoms with Gasteiger partial charge in [0, 0.05) is 42.8 Å². The van der Waals surface area contributed by atoms with Crippen molar-refractivity contribution in [3.63, 3.8) is 0 Å². The van der Waals surface area contributed by atoms with E-state index >= 15 is 0 Å². The van der Waals surface area contributed by atoms with Crippen molar-refractivity contribution in [1.29, 1.82) is 5.26 Å². The number of amides is 1. The van der Waals surface area contributed by atoms with Gasteiger partial charge in [-0.2, -0.15) is 10.4 Å². The van der Waals surface area contributed by atoms with Crippen molar-refractivity contribution in [2.45, 2.75) is 19.9 Å². The monoisotopic (exact) mass is 500 g/mol. The standard InChI is InChI=1S/C27H25ClN6O2/c1-2-36-25-10-9-20(16-24(25)28)26-22(18-34(32-26)23-7-4-3-5-8-23)15-21(17-29)27(35)31-11-6-13-33-14-12-30-19-33/h3-5,7-10,12,14-16,18-19H,2,6,11,13H2,1H3,(H,31,35). The maximum Gasteiger partial charge on any atom is 0.261 e. The maximum absolute atomic E-state index is 12.7. The highest BCUT2D eigenvalue weighted by Crippen LogP contribution is 2.32. The second kappa shape index (κ2) is 11.9. The van der Waals surface area contributed by atoms with E-state index < -0.39 is 5.91 Å². The van der Waals surface area contributed by atoms with Crippen LogP contribution in [0, 0.1) is 11.3 Å². The van der Waals surface area contributed by atoms with Crippen molar-refractivity contribution in [2.75, 3.05) is 13.2 Å². The van der Waals surface area contributed by atoms with Crippen molar-refractivity contribution in [1.82, 2.24) is 24.6 Å². The number of benzene rings is 2. The first-order valence-electron chi connectivity index (χ1n) is 11.5. The van der Waals surface area contributed by atoms with E-state index in [-0.39, 0.29) is 5.57 Å². The fraction of sp³-hybridized carbons (Fsp3) is 0.185. The van der Waals surface area contributed by atoms with Gasteiger partial charge in [0.1, 0.15) is 23.1 Å². The van der Waals surface area contributed by atoms with Gasteiger partial charge in [-0.05, 0) is 49.8 Å². The van der Waals surface area contributed by atoms with Gasteiger partial charge in [0.2, 0.25) is 0 Å². The Hall–Kier alpha value is -4.35. The molecular formula is C27H25ClN6O2. The lowest BCUT2D eigenvalue weighted by Crippen LogP contribution is -2.26. The second-order valence-corrected chi connectivity index (χ2v) is 8.28. The first-order chi connectivity index (χ1) is 17.6. The SMILES string of the molecule is CCOc1ccc(-c2nn(-c3ccccc3)cc2C=C(C#N)C(=O)NCCCn2ccnc2)cc1Cl. The zero-order valence-corrected chi connectivity index (χ0v) is 20.5. The summed E-state index contributed by atoms with van der Waals surface area (Å²) in [4.78, 5) is 16.8. The van der Waals surface area contributed by atoms with Gasteiger partial charge in [0.25, 0.3) is 5.91 Å². The molecule has 0 aliphatic rings. The Balaban J connectivity index is 1.61. The number of rotatable bonds is 10. The Kier molecular flexibility index (Phi) is 8.16. The van der Waals surface area contributed by atoms with Crippen LogP contribution in [0.2, 0.25) is 5.02 Å². The van der Waals surface area contributed by atoms with Crippen LogP contribution in [-0.2, 0) is 11.3 Å². The molecule has 0 unspecified atom stereocenters. The summed E-state index contributed by atoms with van der Waals surface area (Å²) in [6.07, 6.45) is 9.35. The molecule has 0 bridgehead atoms. The lowest BCUT2D eigenvalue weighted by Gasteiger charge is -2.07. The number of carbonyl (C=O) groups excluding carboxylic acids is 1. The number of nitrogens with zero attached hydrogens (tertiary/aromatic N) is 5. The molecule has 0 fully saturated rings. The quantitative estimate of drug-likeness (QED) is 0.190. The number of hydrogen-bond acceptors (Lipinski definition) is 5. The predicted molar refractivity (Wildman–Crippen MR) is 139 cm³/mol. The summed E-state index contributed by atoms with van der Waals surface area (Å²) < 4.78 is 9.19. The van der Waals surface area contributed by atoms with Gasteiger partial charge in [-0.3, -0.25) is 4.79 Å². The molecule has 0 spiro atoms. The van der Waals surface area contributed by atoms with Crippen molar-refractivity contribution in [3.8, 4) is 28.8 Å². The molecule has 182 valence electrons. The van der Waals surface area contributed by atoms with Crippen LogP contribution in [0.4, 0.5) is 0 Å². The second-order valence-electron chi connectivity index (χ2n) is 7.87. The molecule has 0 aliphatic heterocycles. The Morgan fingerprint density at radius 3 is 2.78 bits per heavy atom. The molecule has 4 aromatic rings. The molecule has 0 saturated heterocycles. The fourth-order valence-corrected chi connectivity index (χ4v) is 3.87. The summed E-state index contributed by atoms with van der Waals surface area (Å²) >= 11 is 6.43. The number of nitriles is 1. The van der Waals surface area contributed by atoms with Crippen molar-refractivity contribution >= 4 is 23.6 Å². The first kappa shape index (κ1) is 24.8. The average Bonchev–Trinajstić information content (AvgIpc) is 3.57. The molecule has 2 heterocycles. The minimum absolute atomic E-state index is 0.0106. The highest BCUT2D eigenvalue weighted by molar-refractivity contribution is 6.32. The Morgan fingerprint density at radius 2 is 2.08 bits per heavy atom. The minimum Gasteiger partial charge on any atom is -0.492 e. The fourth-order valence-electron chi connectivity index (χ4n) is 3.63. The van der Waals surface area contributed by atoms with E-state index in [9.17, 15) is 10.1 Å². The normalized spacial score (nSPS) is 11.2. The van der Waals surface area contributed by atoms with Crippen LogP contribution in [-0.4, -0.2) is 38.4 Å². The maximum atomic E-state index is 12.7. The third-order valence-corrected chi connectivity index (χ3v) is 5.67. The summed E-state index contributed by atoms with van der Waals surface area (Å²) in [7, 11) is 0. The summed E-state index contributed by atoms with van der Waals surface area (Å²) in [5.41, 5.74) is 2.78. The minimum atomic E-state index is -0.439. The number of hydrogen-bond donors (Lipinski definition) is 1. The van der Waals surface area contributed by atoms with E-state index in [0.29, 0.717) is 41.6 Å². The highest BCUT2D eigenvalue weighted by Gasteiger charge is 2.16. The van der Waals surface area contributed by atoms with Gasteiger partial charge >= 0.3 is 0 Å². The molecule has 0 radical (unpaired) electrons. The molecule has 36 heavy (non-hydrogen) atoms. The number of aryl methyl sites for hydroxylation is 1. The lowest BCUT2D eigenvalue weighted by molar-refractivity contribution is -0.117. The molecule has 9 heteroatoms. The summed E-state index contributed by atoms with van der Waals surface area (Å²) in [6.45, 7) is 3.54. The van der Waals surface area contributed by atoms with Gasteiger partial charge < -0.3 is 14.6 Å². The molecule has 4 rings (SSSR count). The Labute approximate surface area is 214 Å². The van der Waals surface area contributed by atoms with Crippen LogP contribution in [0.25, 0.3) is 23.0 Å². The van der Waals surface area contributed by atoms with Crippen molar-refractivity contribution < 1.29 is 9.53 Å². The lowest BCUT2D eigenvalue weighted by atomic mass is 10.1. The number of nitrogens with one attached hydrogen (secondary N) is 1. The molecule has 0 atom stereocenters. The van der Waals surface area contributed by atoms with Crippen molar-refractivity contribution in [3.05, 3.63) is 89.6 Å². The van der Waals surface area contributed by atoms with E-state index in [2.05, 4.69) is 10.3 Å². The van der Waals surface area contributed by atoms with Crippen LogP contribution in [0.3, 0.4) is 0 Å². The van der Waals surface area contributed by atoms with Gasteiger partial charge in [-0.15, -0.1) is 0 Å². The number of para-hydroxylation sites is 1. The third kappa shape index (κ3) is 6.01. The van der Waals surface area contributed by atoms with Gasteiger partial charge in [-0.1, -0.05) is 29.8 Å². The van der Waals surface area contributed by atoms with Crippen LogP contribution in [0.5, 0.6) is 5.75 Å². The van der Waals surface area contributed by atoms with Crippen LogP contribution < -0.4 is 10.1 Å². The molecule has 1 N–H and O–H groups in total. The summed E-state index contributed by atoms with van der Waals surface area (Å²) in [5, 5.41) is 17.7. The Bertz CT molecular complexity index is 1390. The van der Waals surface area contributed by atoms with E-state index in [1.54, 1.807) is 41.6 Å². The van der Waals surface area contributed by atoms with Crippen LogP contribution in [0.15, 0.2) is 79.0 Å². The number of halogens is 1. The topological polar surface area (TPSA) is 97.8 Å². The summed E-state index contributed by atoms with van der Waals surface area (Å²) in [5.74, 6) is 0.140. The number of ether oxygens (including phenoxy) is 1. The smallest absolute Gasteiger partial charge is 0.261 e. The van der Waals surface area contributed by atoms with Gasteiger partial charge in [-0.25, -0.2) is 9.67 Å². The molecule has 0 saturated carbocycles. The largest absolute Gasteiger partial charge is 0.492 e. The molecule has 8 nitrogen and oxygen atoms in total. The number of carbonyl (C=O) groups is 1. The van der Waals surface area contributed by atoms with Crippen molar-refractivity contribution in [2.24, 2.45) is 0 Å². The highest BCUT2D eigenvalue weighted by atomic mass is 35.5. The van der Waals surface area contributed by atoms with Crippen LogP contribution >= 0.6 is 11.6 Å². The predicted octanol–water partition coefficient (Wildman–Crippen LogP) is 4.90. The van der Waals surface area contributed by atoms with E-state index in [1.807, 2.05) is 60.2 Å². The molecule has 2 aromatic heterocycles. The van der Waals surface area contributed by atoms with Gasteiger partial charge in [0.15, 0.2) is 0 Å². The zero-order valence-electron chi connectivity index (χ0n) is 19.8. The van der Waals surface area contributed by atoms with E-state index in [1.165, 1.54) is 0 Å². The van der Waals surface area contributed by atoms with Gasteiger partial charge in [0.05, 0.1) is 23.6 Å². The van der Waals surface area contributed by atoms with E-state index in [4.69, 9.17) is 21.4 Å². The third-order valence-electron chi connectivity index (χ3n) is 5.37. The summed E-state index contributed by atoms with van der Waals surface area (Å²) in [6, 6.07) is 17.0. The zero-order chi connectivity index (χ0) is 25.3.